The average Bonchev–Trinajstić information content (AvgIpc) is 3.31. The van der Waals surface area contributed by atoms with E-state index in [0.29, 0.717) is 44.1 Å². The molecule has 0 N–H and O–H groups in total. The van der Waals surface area contributed by atoms with Gasteiger partial charge in [-0.2, -0.15) is 0 Å². The third-order valence-corrected chi connectivity index (χ3v) is 5.59. The normalized spacial score (nSPS) is 16.5. The summed E-state index contributed by atoms with van der Waals surface area (Å²) < 4.78 is 18.7. The van der Waals surface area contributed by atoms with Gasteiger partial charge < -0.3 is 23.4 Å². The molecule has 7 heteroatoms. The van der Waals surface area contributed by atoms with Crippen molar-refractivity contribution in [1.82, 2.24) is 9.47 Å². The molecule has 164 valence electrons. The van der Waals surface area contributed by atoms with Crippen molar-refractivity contribution in [3.63, 3.8) is 0 Å². The number of nitrogens with zero attached hydrogens (tertiary/aromatic N) is 2. The van der Waals surface area contributed by atoms with Crippen molar-refractivity contribution in [2.24, 2.45) is 5.92 Å². The first-order chi connectivity index (χ1) is 15.1. The summed E-state index contributed by atoms with van der Waals surface area (Å²) in [5.41, 5.74) is 2.10. The SMILES string of the molecule is CCOC(=O)C1CCCN(C(=O)c2cc3oc(C)cc3n2CCOc2ccccc2)C1. The Kier molecular flexibility index (Phi) is 6.30. The van der Waals surface area contributed by atoms with E-state index in [-0.39, 0.29) is 17.8 Å². The van der Waals surface area contributed by atoms with Crippen LogP contribution in [0, 0.1) is 12.8 Å². The number of esters is 1. The van der Waals surface area contributed by atoms with Crippen molar-refractivity contribution in [2.45, 2.75) is 33.2 Å². The first-order valence-corrected chi connectivity index (χ1v) is 10.8. The number of hydrogen-bond acceptors (Lipinski definition) is 5. The summed E-state index contributed by atoms with van der Waals surface area (Å²) in [6, 6.07) is 13.3. The van der Waals surface area contributed by atoms with Gasteiger partial charge in [0.2, 0.25) is 0 Å². The number of fused-ring (bicyclic) bond motifs is 1. The number of hydrogen-bond donors (Lipinski definition) is 0. The van der Waals surface area contributed by atoms with Gasteiger partial charge in [0, 0.05) is 25.2 Å². The minimum absolute atomic E-state index is 0.0993. The molecule has 7 nitrogen and oxygen atoms in total. The summed E-state index contributed by atoms with van der Waals surface area (Å²) in [5, 5.41) is 0. The van der Waals surface area contributed by atoms with E-state index in [1.165, 1.54) is 0 Å². The van der Waals surface area contributed by atoms with E-state index in [0.717, 1.165) is 29.9 Å². The van der Waals surface area contributed by atoms with Gasteiger partial charge >= 0.3 is 5.97 Å². The van der Waals surface area contributed by atoms with Crippen LogP contribution in [-0.2, 0) is 16.1 Å². The zero-order valence-electron chi connectivity index (χ0n) is 18.0. The van der Waals surface area contributed by atoms with E-state index >= 15 is 0 Å². The molecule has 0 saturated carbocycles. The number of furan rings is 1. The monoisotopic (exact) mass is 424 g/mol. The van der Waals surface area contributed by atoms with Crippen LogP contribution in [0.25, 0.3) is 11.1 Å². The van der Waals surface area contributed by atoms with Crippen LogP contribution in [-0.4, -0.2) is 47.6 Å². The van der Waals surface area contributed by atoms with Crippen molar-refractivity contribution < 1.29 is 23.5 Å². The molecule has 1 saturated heterocycles. The van der Waals surface area contributed by atoms with Gasteiger partial charge in [0.05, 0.1) is 24.6 Å². The van der Waals surface area contributed by atoms with Gasteiger partial charge in [-0.25, -0.2) is 0 Å². The lowest BCUT2D eigenvalue weighted by molar-refractivity contribution is -0.149. The fourth-order valence-electron chi connectivity index (χ4n) is 4.13. The predicted molar refractivity (Wildman–Crippen MR) is 116 cm³/mol. The maximum Gasteiger partial charge on any atom is 0.310 e. The lowest BCUT2D eigenvalue weighted by Gasteiger charge is -2.31. The second kappa shape index (κ2) is 9.29. The Labute approximate surface area is 181 Å². The highest BCUT2D eigenvalue weighted by molar-refractivity contribution is 5.98. The highest BCUT2D eigenvalue weighted by atomic mass is 16.5. The van der Waals surface area contributed by atoms with Crippen LogP contribution >= 0.6 is 0 Å². The van der Waals surface area contributed by atoms with E-state index in [1.807, 2.05) is 47.9 Å². The Morgan fingerprint density at radius 3 is 2.77 bits per heavy atom. The summed E-state index contributed by atoms with van der Waals surface area (Å²) in [6.45, 7) is 5.97. The number of carbonyl (C=O) groups excluding carboxylic acids is 2. The van der Waals surface area contributed by atoms with Crippen molar-refractivity contribution in [2.75, 3.05) is 26.3 Å². The van der Waals surface area contributed by atoms with Crippen molar-refractivity contribution in [1.29, 1.82) is 0 Å². The number of likely N-dealkylation sites (tertiary alicyclic amines) is 1. The number of para-hydroxylation sites is 1. The highest BCUT2D eigenvalue weighted by Crippen LogP contribution is 2.27. The second-order valence-corrected chi connectivity index (χ2v) is 7.79. The number of piperidine rings is 1. The predicted octanol–water partition coefficient (Wildman–Crippen LogP) is 4.04. The Morgan fingerprint density at radius 1 is 1.19 bits per heavy atom. The molecule has 0 spiro atoms. The first kappa shape index (κ1) is 21.0. The second-order valence-electron chi connectivity index (χ2n) is 7.79. The van der Waals surface area contributed by atoms with E-state index in [2.05, 4.69) is 0 Å². The van der Waals surface area contributed by atoms with Gasteiger partial charge in [-0.3, -0.25) is 9.59 Å². The van der Waals surface area contributed by atoms with Crippen LogP contribution in [0.4, 0.5) is 0 Å². The van der Waals surface area contributed by atoms with E-state index in [4.69, 9.17) is 13.9 Å². The van der Waals surface area contributed by atoms with E-state index in [1.54, 1.807) is 17.9 Å². The minimum atomic E-state index is -0.271. The molecule has 1 aromatic carbocycles. The standard InChI is InChI=1S/C24H28N2O5/c1-3-29-24(28)18-8-7-11-25(16-18)23(27)21-15-22-20(14-17(2)31-22)26(21)12-13-30-19-9-5-4-6-10-19/h4-6,9-10,14-15,18H,3,7-8,11-13,16H2,1-2H3. The maximum atomic E-state index is 13.4. The van der Waals surface area contributed by atoms with Crippen LogP contribution in [0.1, 0.15) is 36.0 Å². The van der Waals surface area contributed by atoms with E-state index < -0.39 is 0 Å². The first-order valence-electron chi connectivity index (χ1n) is 10.8. The molecule has 0 bridgehead atoms. The third kappa shape index (κ3) is 4.60. The molecule has 4 rings (SSSR count). The number of aromatic nitrogens is 1. The van der Waals surface area contributed by atoms with Crippen molar-refractivity contribution >= 4 is 23.0 Å². The zero-order valence-corrected chi connectivity index (χ0v) is 18.0. The number of benzene rings is 1. The van der Waals surface area contributed by atoms with Gasteiger partial charge in [0.15, 0.2) is 5.58 Å². The van der Waals surface area contributed by atoms with Gasteiger partial charge in [-0.1, -0.05) is 18.2 Å². The molecule has 1 amide bonds. The summed E-state index contributed by atoms with van der Waals surface area (Å²) >= 11 is 0. The molecule has 0 radical (unpaired) electrons. The largest absolute Gasteiger partial charge is 0.492 e. The van der Waals surface area contributed by atoms with Crippen LogP contribution in [0.2, 0.25) is 0 Å². The number of amides is 1. The molecule has 1 fully saturated rings. The zero-order chi connectivity index (χ0) is 21.8. The average molecular weight is 424 g/mol. The Hall–Kier alpha value is -3.22. The fourth-order valence-corrected chi connectivity index (χ4v) is 4.13. The van der Waals surface area contributed by atoms with E-state index in [9.17, 15) is 9.59 Å². The lowest BCUT2D eigenvalue weighted by Crippen LogP contribution is -2.43. The fraction of sp³-hybridized carbons (Fsp3) is 0.417. The Morgan fingerprint density at radius 2 is 2.00 bits per heavy atom. The molecule has 2 aromatic heterocycles. The van der Waals surface area contributed by atoms with Gasteiger partial charge in [-0.15, -0.1) is 0 Å². The molecule has 31 heavy (non-hydrogen) atoms. The van der Waals surface area contributed by atoms with Crippen LogP contribution < -0.4 is 4.74 Å². The summed E-state index contributed by atoms with van der Waals surface area (Å²) in [5.74, 6) is 0.985. The maximum absolute atomic E-state index is 13.4. The molecule has 3 aromatic rings. The topological polar surface area (TPSA) is 73.9 Å². The summed E-state index contributed by atoms with van der Waals surface area (Å²) in [6.07, 6.45) is 1.53. The molecular weight excluding hydrogens is 396 g/mol. The van der Waals surface area contributed by atoms with Gasteiger partial charge in [0.25, 0.3) is 5.91 Å². The van der Waals surface area contributed by atoms with Gasteiger partial charge in [0.1, 0.15) is 23.8 Å². The molecule has 1 atom stereocenters. The molecule has 1 aliphatic rings. The molecule has 1 aliphatic heterocycles. The third-order valence-electron chi connectivity index (χ3n) is 5.59. The van der Waals surface area contributed by atoms with Crippen LogP contribution in [0.5, 0.6) is 5.75 Å². The number of rotatable bonds is 7. The minimum Gasteiger partial charge on any atom is -0.492 e. The molecular formula is C24H28N2O5. The number of aryl methyl sites for hydroxylation is 1. The van der Waals surface area contributed by atoms with Gasteiger partial charge in [-0.05, 0) is 38.8 Å². The molecule has 1 unspecified atom stereocenters. The van der Waals surface area contributed by atoms with Crippen LogP contribution in [0.15, 0.2) is 46.9 Å². The summed E-state index contributed by atoms with van der Waals surface area (Å²) in [7, 11) is 0. The van der Waals surface area contributed by atoms with Crippen molar-refractivity contribution in [3.05, 3.63) is 53.9 Å². The Balaban J connectivity index is 1.53. The molecule has 0 aliphatic carbocycles. The summed E-state index contributed by atoms with van der Waals surface area (Å²) in [4.78, 5) is 27.3. The lowest BCUT2D eigenvalue weighted by atomic mass is 9.98. The number of carbonyl (C=O) groups is 2. The quantitative estimate of drug-likeness (QED) is 0.535. The van der Waals surface area contributed by atoms with Crippen molar-refractivity contribution in [3.8, 4) is 5.75 Å². The Bertz CT molecular complexity index is 1050. The number of ether oxygens (including phenoxy) is 2. The highest BCUT2D eigenvalue weighted by Gasteiger charge is 2.31. The van der Waals surface area contributed by atoms with Crippen LogP contribution in [0.3, 0.4) is 0 Å². The smallest absolute Gasteiger partial charge is 0.310 e. The molecule has 3 heterocycles.